The van der Waals surface area contributed by atoms with Gasteiger partial charge in [0.15, 0.2) is 0 Å². The molecule has 22 heavy (non-hydrogen) atoms. The molecule has 1 aromatic rings. The summed E-state index contributed by atoms with van der Waals surface area (Å²) >= 11 is 0. The van der Waals surface area contributed by atoms with Crippen LogP contribution in [0.1, 0.15) is 29.9 Å². The highest BCUT2D eigenvalue weighted by molar-refractivity contribution is 5.29. The molecule has 1 heterocycles. The molecule has 0 radical (unpaired) electrons. The highest BCUT2D eigenvalue weighted by Crippen LogP contribution is 2.34. The fourth-order valence-electron chi connectivity index (χ4n) is 2.87. The normalized spacial score (nSPS) is 21.3. The average Bonchev–Trinajstić information content (AvgIpc) is 2.86. The molecule has 0 aromatic heterocycles. The van der Waals surface area contributed by atoms with Gasteiger partial charge < -0.3 is 15.7 Å². The fraction of sp³-hybridized carbons (Fsp3) is 0.600. The van der Waals surface area contributed by atoms with Crippen LogP contribution in [0.5, 0.6) is 0 Å². The Morgan fingerprint density at radius 2 is 2.09 bits per heavy atom. The Morgan fingerprint density at radius 3 is 2.68 bits per heavy atom. The van der Waals surface area contributed by atoms with E-state index in [1.54, 1.807) is 0 Å². The number of likely N-dealkylation sites (tertiary alicyclic amines) is 1. The molecule has 124 valence electrons. The van der Waals surface area contributed by atoms with Gasteiger partial charge in [-0.2, -0.15) is 13.2 Å². The van der Waals surface area contributed by atoms with Gasteiger partial charge >= 0.3 is 6.18 Å². The SMILES string of the molecule is NCCC(O)CN1CCC(c2ccc(C(F)(F)F)cc2F)C1. The summed E-state index contributed by atoms with van der Waals surface area (Å²) in [6.45, 7) is 2.07. The smallest absolute Gasteiger partial charge is 0.392 e. The summed E-state index contributed by atoms with van der Waals surface area (Å²) in [5.74, 6) is -0.962. The van der Waals surface area contributed by atoms with Crippen LogP contribution in [0.3, 0.4) is 0 Å². The topological polar surface area (TPSA) is 49.5 Å². The average molecular weight is 320 g/mol. The fourth-order valence-corrected chi connectivity index (χ4v) is 2.87. The molecule has 2 rings (SSSR count). The van der Waals surface area contributed by atoms with Gasteiger partial charge in [-0.15, -0.1) is 0 Å². The Labute approximate surface area is 126 Å². The first-order valence-corrected chi connectivity index (χ1v) is 7.28. The van der Waals surface area contributed by atoms with Crippen LogP contribution < -0.4 is 5.73 Å². The third-order valence-electron chi connectivity index (χ3n) is 4.01. The van der Waals surface area contributed by atoms with E-state index < -0.39 is 23.7 Å². The minimum Gasteiger partial charge on any atom is -0.392 e. The van der Waals surface area contributed by atoms with Gasteiger partial charge in [0, 0.05) is 19.0 Å². The third-order valence-corrected chi connectivity index (χ3v) is 4.01. The Bertz CT molecular complexity index is 507. The second-order valence-corrected chi connectivity index (χ2v) is 5.71. The van der Waals surface area contributed by atoms with Crippen molar-refractivity contribution in [3.05, 3.63) is 35.1 Å². The first-order chi connectivity index (χ1) is 10.3. The van der Waals surface area contributed by atoms with Crippen molar-refractivity contribution >= 4 is 0 Å². The van der Waals surface area contributed by atoms with E-state index in [-0.39, 0.29) is 5.92 Å². The van der Waals surface area contributed by atoms with E-state index in [0.29, 0.717) is 50.7 Å². The lowest BCUT2D eigenvalue weighted by atomic mass is 9.96. The predicted octanol–water partition coefficient (Wildman–Crippen LogP) is 2.34. The van der Waals surface area contributed by atoms with E-state index in [1.807, 2.05) is 4.90 Å². The maximum atomic E-state index is 14.0. The zero-order valence-electron chi connectivity index (χ0n) is 12.1. The summed E-state index contributed by atoms with van der Waals surface area (Å²) < 4.78 is 51.6. The zero-order valence-corrected chi connectivity index (χ0v) is 12.1. The quantitative estimate of drug-likeness (QED) is 0.819. The number of hydrogen-bond donors (Lipinski definition) is 2. The standard InChI is InChI=1S/C15H20F4N2O/c16-14-7-11(15(17,18)19)1-2-13(14)10-4-6-21(8-10)9-12(22)3-5-20/h1-2,7,10,12,22H,3-6,8-9,20H2. The van der Waals surface area contributed by atoms with Gasteiger partial charge in [0.2, 0.25) is 0 Å². The number of aliphatic hydroxyl groups is 1. The lowest BCUT2D eigenvalue weighted by Crippen LogP contribution is -2.31. The summed E-state index contributed by atoms with van der Waals surface area (Å²) in [7, 11) is 0. The van der Waals surface area contributed by atoms with Gasteiger partial charge in [-0.1, -0.05) is 6.07 Å². The minimum absolute atomic E-state index is 0.146. The van der Waals surface area contributed by atoms with Crippen molar-refractivity contribution in [1.82, 2.24) is 4.90 Å². The van der Waals surface area contributed by atoms with Crippen LogP contribution in [0.2, 0.25) is 0 Å². The number of β-amino-alcohol motifs (C(OH)–C–C–N with tert-alkyl or cyclic N) is 1. The molecule has 1 aliphatic rings. The number of rotatable bonds is 5. The lowest BCUT2D eigenvalue weighted by Gasteiger charge is -2.20. The second-order valence-electron chi connectivity index (χ2n) is 5.71. The van der Waals surface area contributed by atoms with Gasteiger partial charge in [0.1, 0.15) is 5.82 Å². The Hall–Kier alpha value is -1.18. The number of aliphatic hydroxyl groups excluding tert-OH is 1. The molecular formula is C15H20F4N2O. The number of alkyl halides is 3. The Balaban J connectivity index is 2.02. The first kappa shape index (κ1) is 17.2. The van der Waals surface area contributed by atoms with Crippen molar-refractivity contribution in [3.63, 3.8) is 0 Å². The van der Waals surface area contributed by atoms with E-state index in [2.05, 4.69) is 0 Å². The van der Waals surface area contributed by atoms with Gasteiger partial charge in [0.25, 0.3) is 0 Å². The number of nitrogens with zero attached hydrogens (tertiary/aromatic N) is 1. The maximum Gasteiger partial charge on any atom is 0.416 e. The monoisotopic (exact) mass is 320 g/mol. The largest absolute Gasteiger partial charge is 0.416 e. The van der Waals surface area contributed by atoms with Crippen molar-refractivity contribution < 1.29 is 22.7 Å². The highest BCUT2D eigenvalue weighted by Gasteiger charge is 2.33. The molecule has 1 aromatic carbocycles. The van der Waals surface area contributed by atoms with Crippen molar-refractivity contribution in [2.75, 3.05) is 26.2 Å². The molecule has 7 heteroatoms. The second kappa shape index (κ2) is 6.93. The molecule has 0 saturated carbocycles. The molecule has 3 nitrogen and oxygen atoms in total. The zero-order chi connectivity index (χ0) is 16.3. The number of halogens is 4. The number of nitrogens with two attached hydrogens (primary N) is 1. The molecular weight excluding hydrogens is 300 g/mol. The number of hydrogen-bond acceptors (Lipinski definition) is 3. The van der Waals surface area contributed by atoms with Gasteiger partial charge in [-0.3, -0.25) is 0 Å². The van der Waals surface area contributed by atoms with Crippen LogP contribution in [0.4, 0.5) is 17.6 Å². The Morgan fingerprint density at radius 1 is 1.36 bits per heavy atom. The minimum atomic E-state index is -4.53. The van der Waals surface area contributed by atoms with Crippen LogP contribution in [0.15, 0.2) is 18.2 Å². The lowest BCUT2D eigenvalue weighted by molar-refractivity contribution is -0.137. The molecule has 0 spiro atoms. The first-order valence-electron chi connectivity index (χ1n) is 7.28. The summed E-state index contributed by atoms with van der Waals surface area (Å²) in [4.78, 5) is 1.99. The summed E-state index contributed by atoms with van der Waals surface area (Å²) in [5, 5.41) is 9.73. The summed E-state index contributed by atoms with van der Waals surface area (Å²) in [5.41, 5.74) is 4.71. The van der Waals surface area contributed by atoms with Gasteiger partial charge in [0.05, 0.1) is 11.7 Å². The van der Waals surface area contributed by atoms with Crippen LogP contribution >= 0.6 is 0 Å². The van der Waals surface area contributed by atoms with Gasteiger partial charge in [-0.05, 0) is 43.6 Å². The number of benzene rings is 1. The molecule has 1 saturated heterocycles. The molecule has 1 fully saturated rings. The van der Waals surface area contributed by atoms with E-state index in [0.717, 1.165) is 6.07 Å². The van der Waals surface area contributed by atoms with Crippen molar-refractivity contribution in [2.45, 2.75) is 31.0 Å². The molecule has 2 atom stereocenters. The summed E-state index contributed by atoms with van der Waals surface area (Å²) in [6.07, 6.45) is -3.90. The van der Waals surface area contributed by atoms with Crippen LogP contribution in [0.25, 0.3) is 0 Å². The van der Waals surface area contributed by atoms with Gasteiger partial charge in [-0.25, -0.2) is 4.39 Å². The van der Waals surface area contributed by atoms with E-state index >= 15 is 0 Å². The van der Waals surface area contributed by atoms with E-state index in [9.17, 15) is 22.7 Å². The third kappa shape index (κ3) is 4.18. The molecule has 0 bridgehead atoms. The predicted molar refractivity (Wildman–Crippen MR) is 74.9 cm³/mol. The van der Waals surface area contributed by atoms with Crippen LogP contribution in [-0.4, -0.2) is 42.3 Å². The maximum absolute atomic E-state index is 14.0. The highest BCUT2D eigenvalue weighted by atomic mass is 19.4. The Kier molecular flexibility index (Phi) is 5.41. The van der Waals surface area contributed by atoms with Crippen molar-refractivity contribution in [3.8, 4) is 0 Å². The van der Waals surface area contributed by atoms with Crippen molar-refractivity contribution in [1.29, 1.82) is 0 Å². The van der Waals surface area contributed by atoms with Crippen LogP contribution in [0, 0.1) is 5.82 Å². The molecule has 1 aliphatic heterocycles. The molecule has 0 amide bonds. The van der Waals surface area contributed by atoms with Crippen molar-refractivity contribution in [2.24, 2.45) is 5.73 Å². The molecule has 0 aliphatic carbocycles. The van der Waals surface area contributed by atoms with Crippen LogP contribution in [-0.2, 0) is 6.18 Å². The molecule has 3 N–H and O–H groups in total. The molecule has 2 unspecified atom stereocenters. The van der Waals surface area contributed by atoms with E-state index in [4.69, 9.17) is 5.73 Å². The summed E-state index contributed by atoms with van der Waals surface area (Å²) in [6, 6.07) is 2.70. The van der Waals surface area contributed by atoms with E-state index in [1.165, 1.54) is 6.07 Å².